The third kappa shape index (κ3) is 3.98. The van der Waals surface area contributed by atoms with Gasteiger partial charge in [-0.2, -0.15) is 10.5 Å². The molecule has 4 rings (SSSR count). The van der Waals surface area contributed by atoms with Crippen LogP contribution in [-0.4, -0.2) is 10.5 Å². The van der Waals surface area contributed by atoms with E-state index in [0.717, 1.165) is 58.8 Å². The second-order valence-electron chi connectivity index (χ2n) is 8.15. The topological polar surface area (TPSA) is 81.6 Å². The summed E-state index contributed by atoms with van der Waals surface area (Å²) in [6, 6.07) is 13.9. The molecular weight excluding hydrogens is 416 g/mol. The van der Waals surface area contributed by atoms with Gasteiger partial charge in [-0.15, -0.1) is 11.3 Å². The summed E-state index contributed by atoms with van der Waals surface area (Å²) in [5, 5.41) is 23.2. The zero-order chi connectivity index (χ0) is 22.8. The van der Waals surface area contributed by atoms with Crippen molar-refractivity contribution in [2.75, 3.05) is 5.32 Å². The summed E-state index contributed by atoms with van der Waals surface area (Å²) in [6.07, 6.45) is 5.90. The Bertz CT molecular complexity index is 1310. The number of amides is 1. The van der Waals surface area contributed by atoms with Gasteiger partial charge in [-0.3, -0.25) is 4.79 Å². The average Bonchev–Trinajstić information content (AvgIpc) is 3.28. The molecule has 1 N–H and O–H groups in total. The van der Waals surface area contributed by atoms with Crippen LogP contribution in [0, 0.1) is 43.4 Å². The fourth-order valence-electron chi connectivity index (χ4n) is 4.21. The van der Waals surface area contributed by atoms with Crippen molar-refractivity contribution in [2.24, 2.45) is 0 Å². The zero-order valence-electron chi connectivity index (χ0n) is 18.5. The number of thiophene rings is 1. The molecule has 1 aliphatic carbocycles. The van der Waals surface area contributed by atoms with Crippen molar-refractivity contribution in [3.8, 4) is 17.1 Å². The predicted molar refractivity (Wildman–Crippen MR) is 128 cm³/mol. The van der Waals surface area contributed by atoms with Crippen molar-refractivity contribution in [1.82, 2.24) is 4.57 Å². The monoisotopic (exact) mass is 440 g/mol. The molecule has 1 aliphatic rings. The summed E-state index contributed by atoms with van der Waals surface area (Å²) in [6.45, 7) is 5.93. The van der Waals surface area contributed by atoms with Gasteiger partial charge < -0.3 is 9.88 Å². The molecule has 160 valence electrons. The number of rotatable bonds is 4. The van der Waals surface area contributed by atoms with Gasteiger partial charge in [0.1, 0.15) is 22.7 Å². The van der Waals surface area contributed by atoms with Crippen molar-refractivity contribution in [1.29, 1.82) is 10.5 Å². The highest BCUT2D eigenvalue weighted by molar-refractivity contribution is 7.15. The molecule has 1 amide bonds. The van der Waals surface area contributed by atoms with Gasteiger partial charge in [0.05, 0.1) is 5.56 Å². The van der Waals surface area contributed by atoms with Gasteiger partial charge in [0.2, 0.25) is 0 Å². The molecule has 0 radical (unpaired) electrons. The maximum Gasteiger partial charge on any atom is 0.266 e. The van der Waals surface area contributed by atoms with Gasteiger partial charge in [-0.25, -0.2) is 0 Å². The molecule has 3 aromatic rings. The molecule has 0 fully saturated rings. The van der Waals surface area contributed by atoms with E-state index in [4.69, 9.17) is 0 Å². The van der Waals surface area contributed by atoms with Crippen LogP contribution in [0.15, 0.2) is 35.9 Å². The van der Waals surface area contributed by atoms with E-state index in [1.807, 2.05) is 57.2 Å². The Labute approximate surface area is 192 Å². The summed E-state index contributed by atoms with van der Waals surface area (Å²) in [7, 11) is 0. The lowest BCUT2D eigenvalue weighted by atomic mass is 9.96. The number of aryl methyl sites for hydroxylation is 3. The number of hydrogen-bond donors (Lipinski definition) is 1. The zero-order valence-corrected chi connectivity index (χ0v) is 19.3. The van der Waals surface area contributed by atoms with Gasteiger partial charge in [-0.05, 0) is 81.9 Å². The highest BCUT2D eigenvalue weighted by atomic mass is 32.1. The maximum atomic E-state index is 12.7. The van der Waals surface area contributed by atoms with Crippen LogP contribution in [-0.2, 0) is 17.6 Å². The van der Waals surface area contributed by atoms with Gasteiger partial charge in [0.15, 0.2) is 0 Å². The number of benzene rings is 1. The Kier molecular flexibility index (Phi) is 5.99. The van der Waals surface area contributed by atoms with E-state index in [2.05, 4.69) is 16.0 Å². The highest BCUT2D eigenvalue weighted by Gasteiger charge is 2.24. The summed E-state index contributed by atoms with van der Waals surface area (Å²) in [4.78, 5) is 14.0. The first-order valence-corrected chi connectivity index (χ1v) is 11.5. The van der Waals surface area contributed by atoms with Crippen LogP contribution >= 0.6 is 11.3 Å². The molecule has 0 saturated heterocycles. The quantitative estimate of drug-likeness (QED) is 0.414. The van der Waals surface area contributed by atoms with E-state index >= 15 is 0 Å². The number of hydrogen-bond acceptors (Lipinski definition) is 4. The standard InChI is InChI=1S/C26H24N4OS/c1-16-8-10-21(11-9-16)29-25(31)20(14-27)13-19-12-17(2)30(18(19)3)26-23(15-28)22-6-4-5-7-24(22)32-26/h8-13H,4-7H2,1-3H3,(H,29,31)/b20-13-. The number of carbonyl (C=O) groups excluding carboxylic acids is 1. The lowest BCUT2D eigenvalue weighted by Crippen LogP contribution is -2.13. The molecule has 0 saturated carbocycles. The van der Waals surface area contributed by atoms with Crippen LogP contribution in [0.25, 0.3) is 11.1 Å². The Hall–Kier alpha value is -3.61. The third-order valence-corrected chi connectivity index (χ3v) is 7.19. The van der Waals surface area contributed by atoms with E-state index in [-0.39, 0.29) is 5.57 Å². The van der Waals surface area contributed by atoms with E-state index in [1.165, 1.54) is 10.4 Å². The minimum Gasteiger partial charge on any atom is -0.321 e. The van der Waals surface area contributed by atoms with E-state index in [1.54, 1.807) is 17.4 Å². The molecule has 1 aromatic carbocycles. The Balaban J connectivity index is 1.70. The van der Waals surface area contributed by atoms with E-state index in [0.29, 0.717) is 5.69 Å². The molecular formula is C26H24N4OS. The maximum absolute atomic E-state index is 12.7. The second-order valence-corrected chi connectivity index (χ2v) is 9.24. The van der Waals surface area contributed by atoms with Crippen molar-refractivity contribution in [2.45, 2.75) is 46.5 Å². The number of fused-ring (bicyclic) bond motifs is 1. The largest absolute Gasteiger partial charge is 0.321 e. The first-order chi connectivity index (χ1) is 15.4. The highest BCUT2D eigenvalue weighted by Crippen LogP contribution is 2.38. The number of nitrogens with one attached hydrogen (secondary N) is 1. The van der Waals surface area contributed by atoms with Gasteiger partial charge in [-0.1, -0.05) is 17.7 Å². The lowest BCUT2D eigenvalue weighted by molar-refractivity contribution is -0.112. The minimum atomic E-state index is -0.439. The Morgan fingerprint density at radius 3 is 2.53 bits per heavy atom. The molecule has 0 aliphatic heterocycles. The van der Waals surface area contributed by atoms with E-state index < -0.39 is 5.91 Å². The summed E-state index contributed by atoms with van der Waals surface area (Å²) in [5.74, 6) is -0.439. The fraction of sp³-hybridized carbons (Fsp3) is 0.269. The lowest BCUT2D eigenvalue weighted by Gasteiger charge is -2.10. The molecule has 6 heteroatoms. The number of nitrogens with zero attached hydrogens (tertiary/aromatic N) is 3. The van der Waals surface area contributed by atoms with Crippen LogP contribution in [0.2, 0.25) is 0 Å². The van der Waals surface area contributed by atoms with Crippen molar-refractivity contribution in [3.05, 3.63) is 74.4 Å². The van der Waals surface area contributed by atoms with Crippen molar-refractivity contribution >= 4 is 29.0 Å². The molecule has 0 unspecified atom stereocenters. The molecule has 32 heavy (non-hydrogen) atoms. The average molecular weight is 441 g/mol. The molecule has 2 heterocycles. The number of aromatic nitrogens is 1. The normalized spacial score (nSPS) is 13.2. The van der Waals surface area contributed by atoms with Gasteiger partial charge in [0, 0.05) is 22.0 Å². The Morgan fingerprint density at radius 2 is 1.84 bits per heavy atom. The first kappa shape index (κ1) is 21.6. The predicted octanol–water partition coefficient (Wildman–Crippen LogP) is 5.76. The second kappa shape index (κ2) is 8.86. The molecule has 2 aromatic heterocycles. The van der Waals surface area contributed by atoms with Crippen molar-refractivity contribution in [3.63, 3.8) is 0 Å². The first-order valence-electron chi connectivity index (χ1n) is 10.7. The Morgan fingerprint density at radius 1 is 1.12 bits per heavy atom. The van der Waals surface area contributed by atoms with Gasteiger partial charge in [0.25, 0.3) is 5.91 Å². The summed E-state index contributed by atoms with van der Waals surface area (Å²) in [5.41, 5.74) is 6.42. The van der Waals surface area contributed by atoms with Crippen LogP contribution in [0.5, 0.6) is 0 Å². The van der Waals surface area contributed by atoms with Crippen LogP contribution in [0.3, 0.4) is 0 Å². The molecule has 0 spiro atoms. The number of anilines is 1. The van der Waals surface area contributed by atoms with E-state index in [9.17, 15) is 15.3 Å². The van der Waals surface area contributed by atoms with Crippen LogP contribution in [0.1, 0.15) is 51.4 Å². The molecule has 0 bridgehead atoms. The van der Waals surface area contributed by atoms with Crippen molar-refractivity contribution < 1.29 is 4.79 Å². The number of carbonyl (C=O) groups is 1. The minimum absolute atomic E-state index is 0.0387. The number of nitriles is 2. The summed E-state index contributed by atoms with van der Waals surface area (Å²) < 4.78 is 2.08. The molecule has 0 atom stereocenters. The fourth-order valence-corrected chi connectivity index (χ4v) is 5.66. The SMILES string of the molecule is Cc1ccc(NC(=O)/C(C#N)=C\c2cc(C)n(-c3sc4c(c3C#N)CCCC4)c2C)cc1. The molecule has 5 nitrogen and oxygen atoms in total. The smallest absolute Gasteiger partial charge is 0.266 e. The van der Waals surface area contributed by atoms with Crippen LogP contribution < -0.4 is 5.32 Å². The summed E-state index contributed by atoms with van der Waals surface area (Å²) >= 11 is 1.69. The van der Waals surface area contributed by atoms with Gasteiger partial charge >= 0.3 is 0 Å². The third-order valence-electron chi connectivity index (χ3n) is 5.91. The van der Waals surface area contributed by atoms with Crippen LogP contribution in [0.4, 0.5) is 5.69 Å².